The van der Waals surface area contributed by atoms with Gasteiger partial charge in [-0.2, -0.15) is 0 Å². The molecule has 2 saturated heterocycles. The SMILES string of the molecule is CC1(C)O[C@@H]2C[C@H]3[C@@H]4C[C@H](F)C5=CC(=O)C=C[C@]5(C)[C@H]4[C@@H](O)C[C@]3(C)[C@]2(C(=O)CO)O1.CC1(C)O[C@@H]2C[C@H]3[C@@H]4C[C@H](F)C5=CC(=O)C=C[C@]5(C)[C@H]4[C@@H](O)C[C@]3(C)[C@]2(C(=O)CO)O1. The number of fused-ring (bicyclic) bond motifs is 14. The highest BCUT2D eigenvalue weighted by atomic mass is 19.1. The highest BCUT2D eigenvalue weighted by molar-refractivity contribution is 6.02. The van der Waals surface area contributed by atoms with Crippen LogP contribution in [0.4, 0.5) is 8.78 Å². The number of halogens is 2. The second-order valence-electron chi connectivity index (χ2n) is 21.9. The Morgan fingerprint density at radius 1 is 0.629 bits per heavy atom. The van der Waals surface area contributed by atoms with Crippen molar-refractivity contribution in [3.05, 3.63) is 47.6 Å². The summed E-state index contributed by atoms with van der Waals surface area (Å²) in [5.74, 6) is -4.55. The number of hydrogen-bond acceptors (Lipinski definition) is 12. The molecule has 0 spiro atoms. The number of alkyl halides is 2. The summed E-state index contributed by atoms with van der Waals surface area (Å²) in [6.07, 6.45) is 5.79. The molecule has 0 amide bonds. The third kappa shape index (κ3) is 5.62. The average Bonchev–Trinajstić information content (AvgIpc) is 3.80. The molecule has 8 aliphatic carbocycles. The number of aliphatic hydroxyl groups is 4. The lowest BCUT2D eigenvalue weighted by Crippen LogP contribution is -2.64. The molecule has 0 aromatic rings. The summed E-state index contributed by atoms with van der Waals surface area (Å²) in [7, 11) is 0. The topological polar surface area (TPSA) is 186 Å². The van der Waals surface area contributed by atoms with Crippen LogP contribution in [0.15, 0.2) is 47.6 Å². The van der Waals surface area contributed by atoms with Gasteiger partial charge in [0.2, 0.25) is 0 Å². The molecule has 0 radical (unpaired) electrons. The number of rotatable bonds is 4. The summed E-state index contributed by atoms with van der Waals surface area (Å²) < 4.78 is 55.7. The van der Waals surface area contributed by atoms with Crippen LogP contribution in [0.25, 0.3) is 0 Å². The Morgan fingerprint density at radius 3 is 1.32 bits per heavy atom. The number of Topliss-reactive ketones (excluding diaryl/α,β-unsaturated/α-hetero) is 2. The molecule has 0 aromatic heterocycles. The van der Waals surface area contributed by atoms with E-state index in [1.165, 1.54) is 24.3 Å². The van der Waals surface area contributed by atoms with Gasteiger partial charge in [-0.1, -0.05) is 39.8 Å². The first-order valence-electron chi connectivity index (χ1n) is 22.4. The van der Waals surface area contributed by atoms with E-state index in [1.54, 1.807) is 39.8 Å². The largest absolute Gasteiger partial charge is 0.393 e. The van der Waals surface area contributed by atoms with E-state index in [1.807, 2.05) is 27.7 Å². The zero-order valence-electron chi connectivity index (χ0n) is 36.9. The zero-order valence-corrected chi connectivity index (χ0v) is 36.9. The van der Waals surface area contributed by atoms with Crippen LogP contribution in [0.2, 0.25) is 0 Å². The molecule has 18 atom stereocenters. The van der Waals surface area contributed by atoms with Crippen molar-refractivity contribution < 1.29 is 67.3 Å². The number of ether oxygens (including phenoxy) is 4. The molecule has 4 N–H and O–H groups in total. The maximum atomic E-state index is 15.4. The molecule has 14 heteroatoms. The van der Waals surface area contributed by atoms with Crippen molar-refractivity contribution in [2.24, 2.45) is 57.2 Å². The van der Waals surface area contributed by atoms with Crippen LogP contribution in [-0.2, 0) is 38.1 Å². The van der Waals surface area contributed by atoms with Crippen molar-refractivity contribution in [2.45, 2.75) is 153 Å². The van der Waals surface area contributed by atoms with Crippen LogP contribution in [0, 0.1) is 57.2 Å². The number of allylic oxidation sites excluding steroid dienone is 8. The van der Waals surface area contributed by atoms with E-state index in [-0.39, 0.29) is 72.8 Å². The van der Waals surface area contributed by atoms with E-state index in [0.29, 0.717) is 24.0 Å². The molecular formula is C48H62F2O12. The average molecular weight is 869 g/mol. The van der Waals surface area contributed by atoms with Gasteiger partial charge < -0.3 is 39.4 Å². The molecule has 0 unspecified atom stereocenters. The molecule has 10 aliphatic rings. The monoisotopic (exact) mass is 868 g/mol. The number of hydrogen-bond donors (Lipinski definition) is 4. The fraction of sp³-hybridized carbons (Fsp3) is 0.750. The van der Waals surface area contributed by atoms with Gasteiger partial charge in [0.05, 0.1) is 24.4 Å². The van der Waals surface area contributed by atoms with E-state index < -0.39 is 106 Å². The van der Waals surface area contributed by atoms with E-state index >= 15 is 8.78 Å². The van der Waals surface area contributed by atoms with Crippen molar-refractivity contribution in [3.8, 4) is 0 Å². The van der Waals surface area contributed by atoms with Crippen molar-refractivity contribution >= 4 is 23.1 Å². The Balaban J connectivity index is 0.000000158. The van der Waals surface area contributed by atoms with E-state index in [0.717, 1.165) is 0 Å². The lowest BCUT2D eigenvalue weighted by Gasteiger charge is -2.60. The van der Waals surface area contributed by atoms with Crippen LogP contribution in [0.3, 0.4) is 0 Å². The molecular weight excluding hydrogens is 807 g/mol. The Kier molecular flexibility index (Phi) is 9.92. The highest BCUT2D eigenvalue weighted by Crippen LogP contribution is 2.72. The van der Waals surface area contributed by atoms with Gasteiger partial charge in [0.15, 0.2) is 45.9 Å². The van der Waals surface area contributed by atoms with Gasteiger partial charge in [-0.15, -0.1) is 0 Å². The maximum Gasteiger partial charge on any atom is 0.193 e. The Hall–Kier alpha value is -2.82. The summed E-state index contributed by atoms with van der Waals surface area (Å²) >= 11 is 0. The fourth-order valence-corrected chi connectivity index (χ4v) is 16.1. The standard InChI is InChI=1S/2C24H31FO6/c2*1-21(2)30-19-9-14-13-8-16(25)15-7-12(27)5-6-22(15,3)20(13)17(28)10-23(14,4)24(19,31-21)18(29)11-26/h2*5-7,13-14,16-17,19-20,26,28H,8-11H2,1-4H3/t2*13-,14-,16-,17-,19+,20+,22-,23-,24+/m00/s1. The Morgan fingerprint density at radius 2 is 0.984 bits per heavy atom. The van der Waals surface area contributed by atoms with Crippen molar-refractivity contribution in [1.29, 1.82) is 0 Å². The van der Waals surface area contributed by atoms with Gasteiger partial charge in [0.1, 0.15) is 25.6 Å². The van der Waals surface area contributed by atoms with Crippen LogP contribution in [-0.4, -0.2) is 116 Å². The summed E-state index contributed by atoms with van der Waals surface area (Å²) in [6, 6.07) is 0. The van der Waals surface area contributed by atoms with Crippen LogP contribution >= 0.6 is 0 Å². The number of ketones is 4. The second-order valence-corrected chi connectivity index (χ2v) is 21.9. The van der Waals surface area contributed by atoms with Gasteiger partial charge in [0.25, 0.3) is 0 Å². The first-order chi connectivity index (χ1) is 28.8. The van der Waals surface area contributed by atoms with Crippen molar-refractivity contribution in [2.75, 3.05) is 13.2 Å². The first-order valence-corrected chi connectivity index (χ1v) is 22.4. The summed E-state index contributed by atoms with van der Waals surface area (Å²) in [5, 5.41) is 42.5. The lowest BCUT2D eigenvalue weighted by atomic mass is 9.46. The molecule has 2 aliphatic heterocycles. The van der Waals surface area contributed by atoms with Crippen molar-refractivity contribution in [3.63, 3.8) is 0 Å². The first kappa shape index (κ1) is 44.4. The zero-order chi connectivity index (χ0) is 45.1. The van der Waals surface area contributed by atoms with Crippen LogP contribution < -0.4 is 0 Å². The Labute approximate surface area is 361 Å². The van der Waals surface area contributed by atoms with Gasteiger partial charge in [-0.3, -0.25) is 19.2 Å². The molecule has 2 heterocycles. The third-order valence-corrected chi connectivity index (χ3v) is 18.1. The third-order valence-electron chi connectivity index (χ3n) is 18.1. The molecule has 0 aromatic carbocycles. The fourth-order valence-electron chi connectivity index (χ4n) is 16.1. The smallest absolute Gasteiger partial charge is 0.193 e. The highest BCUT2D eigenvalue weighted by Gasteiger charge is 2.79. The number of aliphatic hydroxyl groups excluding tert-OH is 4. The molecule has 6 saturated carbocycles. The quantitative estimate of drug-likeness (QED) is 0.310. The van der Waals surface area contributed by atoms with Crippen LogP contribution in [0.5, 0.6) is 0 Å². The molecule has 340 valence electrons. The predicted octanol–water partition coefficient (Wildman–Crippen LogP) is 4.55. The molecule has 8 fully saturated rings. The normalized spacial score (nSPS) is 52.1. The van der Waals surface area contributed by atoms with E-state index in [4.69, 9.17) is 18.9 Å². The summed E-state index contributed by atoms with van der Waals surface area (Å²) in [4.78, 5) is 50.2. The number of carbonyl (C=O) groups is 4. The van der Waals surface area contributed by atoms with Gasteiger partial charge >= 0.3 is 0 Å². The van der Waals surface area contributed by atoms with E-state index in [2.05, 4.69) is 0 Å². The predicted molar refractivity (Wildman–Crippen MR) is 217 cm³/mol. The van der Waals surface area contributed by atoms with Gasteiger partial charge in [0, 0.05) is 33.5 Å². The molecule has 12 nitrogen and oxygen atoms in total. The van der Waals surface area contributed by atoms with E-state index in [9.17, 15) is 39.6 Å². The molecule has 10 rings (SSSR count). The summed E-state index contributed by atoms with van der Waals surface area (Å²) in [6.45, 7) is 13.3. The van der Waals surface area contributed by atoms with Gasteiger partial charge in [-0.05, 0) is 125 Å². The minimum Gasteiger partial charge on any atom is -0.393 e. The summed E-state index contributed by atoms with van der Waals surface area (Å²) in [5.41, 5.74) is -5.00. The maximum absolute atomic E-state index is 15.4. The lowest BCUT2D eigenvalue weighted by molar-refractivity contribution is -0.226. The van der Waals surface area contributed by atoms with Crippen LogP contribution in [0.1, 0.15) is 93.9 Å². The minimum absolute atomic E-state index is 0.125. The second kappa shape index (κ2) is 13.9. The van der Waals surface area contributed by atoms with Gasteiger partial charge in [-0.25, -0.2) is 8.78 Å². The number of carbonyl (C=O) groups excluding carboxylic acids is 4. The Bertz CT molecular complexity index is 1970. The molecule has 0 bridgehead atoms. The minimum atomic E-state index is -1.37. The molecule has 62 heavy (non-hydrogen) atoms. The van der Waals surface area contributed by atoms with Crippen molar-refractivity contribution in [1.82, 2.24) is 0 Å².